The van der Waals surface area contributed by atoms with Crippen molar-refractivity contribution in [2.24, 2.45) is 5.73 Å². The van der Waals surface area contributed by atoms with Crippen molar-refractivity contribution in [2.45, 2.75) is 65.1 Å². The molecule has 3 aliphatic heterocycles. The predicted molar refractivity (Wildman–Crippen MR) is 211 cm³/mol. The maximum atomic E-state index is 12.1. The van der Waals surface area contributed by atoms with Crippen molar-refractivity contribution in [2.75, 3.05) is 83.7 Å². The molecule has 3 saturated heterocycles. The molecular weight excluding hydrogens is 672 g/mol. The number of likely N-dealkylation sites (tertiary alicyclic amines) is 1. The van der Waals surface area contributed by atoms with Crippen molar-refractivity contribution < 1.29 is 24.1 Å². The fourth-order valence-electron chi connectivity index (χ4n) is 6.93. The van der Waals surface area contributed by atoms with E-state index in [1.807, 2.05) is 59.0 Å². The Kier molecular flexibility index (Phi) is 15.8. The first-order chi connectivity index (χ1) is 25.5. The molecule has 13 heteroatoms. The number of hydrogen-bond acceptors (Lipinski definition) is 12. The molecule has 2 unspecified atom stereocenters. The normalized spacial score (nSPS) is 19.6. The predicted octanol–water partition coefficient (Wildman–Crippen LogP) is 4.36. The van der Waals surface area contributed by atoms with Crippen molar-refractivity contribution in [1.82, 2.24) is 19.7 Å². The number of amidine groups is 1. The fraction of sp³-hybridized carbons (Fsp3) is 0.550. The second-order valence-electron chi connectivity index (χ2n) is 14.3. The van der Waals surface area contributed by atoms with Crippen LogP contribution in [0.25, 0.3) is 6.08 Å². The highest BCUT2D eigenvalue weighted by molar-refractivity contribution is 6.12. The molecule has 0 saturated carbocycles. The Balaban J connectivity index is 0.00000308. The largest absolute Gasteiger partial charge is 0.507 e. The number of aromatic nitrogens is 1. The van der Waals surface area contributed by atoms with Crippen molar-refractivity contribution in [3.63, 3.8) is 0 Å². The molecule has 3 fully saturated rings. The average molecular weight is 733 g/mol. The van der Waals surface area contributed by atoms with Gasteiger partial charge < -0.3 is 40.3 Å². The number of esters is 1. The number of benzene rings is 1. The van der Waals surface area contributed by atoms with Crippen molar-refractivity contribution in [3.05, 3.63) is 71.7 Å². The van der Waals surface area contributed by atoms with E-state index >= 15 is 0 Å². The van der Waals surface area contributed by atoms with Gasteiger partial charge in [-0.25, -0.2) is 0 Å². The van der Waals surface area contributed by atoms with Crippen LogP contribution in [0.3, 0.4) is 0 Å². The van der Waals surface area contributed by atoms with Gasteiger partial charge in [-0.1, -0.05) is 32.1 Å². The number of aromatic hydroxyl groups is 1. The number of nitrogens with two attached hydrogens (primary N) is 1. The molecule has 53 heavy (non-hydrogen) atoms. The molecule has 1 aromatic heterocycles. The lowest BCUT2D eigenvalue weighted by molar-refractivity contribution is -0.156. The number of phenolic OH excluding ortho intramolecular Hbond substituents is 1. The summed E-state index contributed by atoms with van der Waals surface area (Å²) in [6, 6.07) is 11.4. The number of hydrogen-bond donors (Lipinski definition) is 4. The number of anilines is 1. The highest BCUT2D eigenvalue weighted by atomic mass is 16.6. The number of para-hydroxylation sites is 1. The second kappa shape index (κ2) is 20.2. The molecule has 3 aliphatic rings. The zero-order chi connectivity index (χ0) is 38.4. The number of fused-ring (bicyclic) bond motifs is 2. The van der Waals surface area contributed by atoms with Gasteiger partial charge in [0.25, 0.3) is 0 Å². The summed E-state index contributed by atoms with van der Waals surface area (Å²) in [7, 11) is 0. The number of nitrogens with one attached hydrogen (secondary N) is 2. The molecular formula is C40H60N8O5. The average Bonchev–Trinajstić information content (AvgIpc) is 3.39. The van der Waals surface area contributed by atoms with Crippen molar-refractivity contribution >= 4 is 29.3 Å². The van der Waals surface area contributed by atoms with E-state index in [4.69, 9.17) is 30.8 Å². The van der Waals surface area contributed by atoms with Crippen molar-refractivity contribution in [1.29, 1.82) is 10.8 Å². The second-order valence-corrected chi connectivity index (χ2v) is 14.3. The van der Waals surface area contributed by atoms with Gasteiger partial charge in [0.2, 0.25) is 0 Å². The number of ether oxygens (including phenoxy) is 3. The highest BCUT2D eigenvalue weighted by Gasteiger charge is 2.41. The van der Waals surface area contributed by atoms with E-state index in [9.17, 15) is 9.90 Å². The third kappa shape index (κ3) is 12.7. The molecule has 5 rings (SSSR count). The van der Waals surface area contributed by atoms with Crippen LogP contribution in [0.1, 0.15) is 58.7 Å². The summed E-state index contributed by atoms with van der Waals surface area (Å²) >= 11 is 0. The summed E-state index contributed by atoms with van der Waals surface area (Å²) in [6.07, 6.45) is 9.44. The monoisotopic (exact) mass is 732 g/mol. The van der Waals surface area contributed by atoms with Crippen LogP contribution in [-0.4, -0.2) is 139 Å². The zero-order valence-electron chi connectivity index (χ0n) is 32.2. The minimum atomic E-state index is -0.452. The third-order valence-corrected chi connectivity index (χ3v) is 9.30. The molecule has 0 spiro atoms. The summed E-state index contributed by atoms with van der Waals surface area (Å²) in [5.41, 5.74) is 8.58. The van der Waals surface area contributed by atoms with E-state index in [0.29, 0.717) is 57.3 Å². The fourth-order valence-corrected chi connectivity index (χ4v) is 6.93. The molecule has 2 aromatic rings. The van der Waals surface area contributed by atoms with E-state index in [-0.39, 0.29) is 35.3 Å². The number of nitrogens with zero attached hydrogens (tertiary/aromatic N) is 5. The standard InChI is InChI=1S/C38H54N8O5.C2H6/c1-38(2,3)51-36(48)27-44-16-14-43(15-17-44)18-20-50-22-21-49-19-6-7-28-23-29(12-13-42-28)46-30-10-11-31(46)26-45(25-30)34(37(40)41)24-33(39)32-8-4-5-9-35(32)47;1-2/h4-9,12-13,23-24,30-31,39,47H,10-11,14-22,25-27H2,1-3H3,(H3,40,41);1-2H3/b7-6+,34-24+,39-33?;. The number of pyridine rings is 1. The van der Waals surface area contributed by atoms with Gasteiger partial charge in [0.05, 0.1) is 50.1 Å². The van der Waals surface area contributed by atoms with Gasteiger partial charge in [0.1, 0.15) is 17.2 Å². The number of phenols is 1. The Hall–Kier alpha value is -4.30. The van der Waals surface area contributed by atoms with Crippen LogP contribution in [0, 0.1) is 10.8 Å². The summed E-state index contributed by atoms with van der Waals surface area (Å²) in [5, 5.41) is 27.0. The topological polar surface area (TPSA) is 165 Å². The Morgan fingerprint density at radius 2 is 1.64 bits per heavy atom. The van der Waals surface area contributed by atoms with Crippen LogP contribution in [0.4, 0.5) is 5.69 Å². The van der Waals surface area contributed by atoms with Gasteiger partial charge in [0.15, 0.2) is 0 Å². The lowest BCUT2D eigenvalue weighted by Gasteiger charge is -2.44. The highest BCUT2D eigenvalue weighted by Crippen LogP contribution is 2.36. The van der Waals surface area contributed by atoms with E-state index < -0.39 is 5.60 Å². The van der Waals surface area contributed by atoms with Crippen LogP contribution < -0.4 is 10.6 Å². The Morgan fingerprint density at radius 3 is 2.30 bits per heavy atom. The Bertz CT molecular complexity index is 1550. The van der Waals surface area contributed by atoms with E-state index in [0.717, 1.165) is 56.9 Å². The molecule has 1 aromatic carbocycles. The lowest BCUT2D eigenvalue weighted by atomic mass is 10.1. The summed E-state index contributed by atoms with van der Waals surface area (Å²) in [4.78, 5) is 25.7. The molecule has 290 valence electrons. The van der Waals surface area contributed by atoms with Gasteiger partial charge in [-0.3, -0.25) is 25.0 Å². The molecule has 0 amide bonds. The van der Waals surface area contributed by atoms with Crippen LogP contribution in [0.15, 0.2) is 60.4 Å². The van der Waals surface area contributed by atoms with E-state index in [1.165, 1.54) is 0 Å². The number of carbonyl (C=O) groups is 1. The number of piperazine rings is 2. The maximum absolute atomic E-state index is 12.1. The molecule has 13 nitrogen and oxygen atoms in total. The third-order valence-electron chi connectivity index (χ3n) is 9.30. The van der Waals surface area contributed by atoms with Gasteiger partial charge in [0, 0.05) is 75.3 Å². The quantitative estimate of drug-likeness (QED) is 0.0839. The zero-order valence-corrected chi connectivity index (χ0v) is 32.2. The van der Waals surface area contributed by atoms with Crippen molar-refractivity contribution in [3.8, 4) is 5.75 Å². The molecule has 5 N–H and O–H groups in total. The first-order valence-electron chi connectivity index (χ1n) is 18.9. The Labute approximate surface area is 315 Å². The van der Waals surface area contributed by atoms with Gasteiger partial charge in [-0.05, 0) is 70.0 Å². The van der Waals surface area contributed by atoms with Gasteiger partial charge in [-0.2, -0.15) is 0 Å². The van der Waals surface area contributed by atoms with Gasteiger partial charge >= 0.3 is 5.97 Å². The molecule has 2 bridgehead atoms. The summed E-state index contributed by atoms with van der Waals surface area (Å²) in [5.74, 6) is -0.225. The maximum Gasteiger partial charge on any atom is 0.320 e. The van der Waals surface area contributed by atoms with Crippen LogP contribution in [0.5, 0.6) is 5.75 Å². The minimum Gasteiger partial charge on any atom is -0.507 e. The molecule has 4 heterocycles. The molecule has 0 aliphatic carbocycles. The molecule has 2 atom stereocenters. The summed E-state index contributed by atoms with van der Waals surface area (Å²) in [6.45, 7) is 17.9. The lowest BCUT2D eigenvalue weighted by Crippen LogP contribution is -2.54. The summed E-state index contributed by atoms with van der Waals surface area (Å²) < 4.78 is 17.0. The molecule has 0 radical (unpaired) electrons. The number of rotatable bonds is 16. The van der Waals surface area contributed by atoms with E-state index in [1.54, 1.807) is 30.3 Å². The first kappa shape index (κ1) is 41.5. The number of allylic oxidation sites excluding steroid dienone is 1. The smallest absolute Gasteiger partial charge is 0.320 e. The van der Waals surface area contributed by atoms with E-state index in [2.05, 4.69) is 30.6 Å². The van der Waals surface area contributed by atoms with Crippen LogP contribution >= 0.6 is 0 Å². The first-order valence-corrected chi connectivity index (χ1v) is 18.9. The minimum absolute atomic E-state index is 0.0297. The number of carbonyl (C=O) groups excluding carboxylic acids is 1. The SMILES string of the molecule is CC.CC(C)(C)OC(=O)CN1CCN(CCOCCOC/C=C/c2cc(N3C4CCC3CN(/C(=C/C(=N)c3ccccc3O)C(=N)N)C4)ccn2)CC1. The van der Waals surface area contributed by atoms with Crippen LogP contribution in [0.2, 0.25) is 0 Å². The van der Waals surface area contributed by atoms with Crippen LogP contribution in [-0.2, 0) is 19.0 Å². The Morgan fingerprint density at radius 1 is 0.981 bits per heavy atom. The van der Waals surface area contributed by atoms with Gasteiger partial charge in [-0.15, -0.1) is 0 Å².